The van der Waals surface area contributed by atoms with E-state index in [4.69, 9.17) is 18.9 Å². The number of carbonyl (C=O) groups is 3. The van der Waals surface area contributed by atoms with Crippen molar-refractivity contribution in [3.63, 3.8) is 0 Å². The zero-order valence-corrected chi connectivity index (χ0v) is 28.9. The minimum atomic E-state index is -1.60. The van der Waals surface area contributed by atoms with Crippen LogP contribution in [0.4, 0.5) is 0 Å². The third kappa shape index (κ3) is 4.90. The van der Waals surface area contributed by atoms with E-state index in [1.165, 1.54) is 0 Å². The first-order valence-corrected chi connectivity index (χ1v) is 16.6. The summed E-state index contributed by atoms with van der Waals surface area (Å²) < 4.78 is 25.6. The molecule has 10 heteroatoms. The van der Waals surface area contributed by atoms with Crippen LogP contribution in [0.2, 0.25) is 0 Å². The van der Waals surface area contributed by atoms with Crippen molar-refractivity contribution in [2.24, 2.45) is 11.8 Å². The Balaban J connectivity index is 1.55. The summed E-state index contributed by atoms with van der Waals surface area (Å²) in [5, 5.41) is 32.7. The van der Waals surface area contributed by atoms with Crippen molar-refractivity contribution in [1.82, 2.24) is 0 Å². The number of carbonyl (C=O) groups excluding carboxylic acids is 3. The van der Waals surface area contributed by atoms with Gasteiger partial charge in [0.2, 0.25) is 0 Å². The predicted molar refractivity (Wildman–Crippen MR) is 177 cm³/mol. The fourth-order valence-corrected chi connectivity index (χ4v) is 8.33. The molecule has 3 aliphatic carbocycles. The minimum Gasteiger partial charge on any atom is -0.506 e. The summed E-state index contributed by atoms with van der Waals surface area (Å²) in [7, 11) is 0. The lowest BCUT2D eigenvalue weighted by molar-refractivity contribution is -0.171. The summed E-state index contributed by atoms with van der Waals surface area (Å²) in [6.45, 7) is 14.6. The van der Waals surface area contributed by atoms with Gasteiger partial charge in [-0.15, -0.1) is 0 Å². The fourth-order valence-electron chi connectivity index (χ4n) is 8.33. The minimum absolute atomic E-state index is 0.00293. The van der Waals surface area contributed by atoms with Gasteiger partial charge in [-0.3, -0.25) is 14.4 Å². The molecule has 0 radical (unpaired) electrons. The molecular formula is C38H46O10. The molecular weight excluding hydrogens is 616 g/mol. The van der Waals surface area contributed by atoms with Crippen molar-refractivity contribution >= 4 is 24.1 Å². The second-order valence-electron chi connectivity index (χ2n) is 15.5. The van der Waals surface area contributed by atoms with Gasteiger partial charge in [0.15, 0.2) is 22.8 Å². The first kappa shape index (κ1) is 34.1. The van der Waals surface area contributed by atoms with Crippen molar-refractivity contribution < 1.29 is 48.7 Å². The van der Waals surface area contributed by atoms with Crippen LogP contribution in [-0.2, 0) is 25.5 Å². The number of hydrogen-bond donors (Lipinski definition) is 3. The molecule has 3 unspecified atom stereocenters. The third-order valence-corrected chi connectivity index (χ3v) is 10.9. The number of benzene rings is 1. The Morgan fingerprint density at radius 3 is 2.48 bits per heavy atom. The first-order chi connectivity index (χ1) is 22.3. The lowest BCUT2D eigenvalue weighted by Crippen LogP contribution is -2.72. The normalized spacial score (nSPS) is 31.5. The SMILES string of the molecule is CC(C)=CCc1c2c(c(O)c3c1O[C@]14C(=CC5CC1C(C)(C)O[C@@]4(C/C=C(/C)OC=O)C5=O)C3=O)C=C[C@@](C)(CCC(O)C(C)(C)O)O2. The topological polar surface area (TPSA) is 149 Å². The number of rotatable bonds is 10. The van der Waals surface area contributed by atoms with Crippen molar-refractivity contribution in [3.8, 4) is 17.2 Å². The Hall–Kier alpha value is -3.73. The van der Waals surface area contributed by atoms with E-state index in [1.807, 2.05) is 40.7 Å². The molecule has 2 fully saturated rings. The second-order valence-corrected chi connectivity index (χ2v) is 15.5. The van der Waals surface area contributed by atoms with Crippen molar-refractivity contribution in [1.29, 1.82) is 0 Å². The zero-order valence-electron chi connectivity index (χ0n) is 28.9. The van der Waals surface area contributed by atoms with Gasteiger partial charge in [0, 0.05) is 29.4 Å². The summed E-state index contributed by atoms with van der Waals surface area (Å²) in [6.07, 6.45) is 9.15. The van der Waals surface area contributed by atoms with Crippen LogP contribution in [-0.4, -0.2) is 67.5 Å². The summed E-state index contributed by atoms with van der Waals surface area (Å²) in [5.41, 5.74) is -4.01. The first-order valence-electron chi connectivity index (χ1n) is 16.6. The molecule has 7 rings (SSSR count). The Bertz CT molecular complexity index is 1720. The number of fused-ring (bicyclic) bond motifs is 2. The van der Waals surface area contributed by atoms with Crippen LogP contribution < -0.4 is 9.47 Å². The number of aromatic hydroxyl groups is 1. The van der Waals surface area contributed by atoms with E-state index in [-0.39, 0.29) is 41.4 Å². The van der Waals surface area contributed by atoms with Crippen LogP contribution in [0, 0.1) is 11.8 Å². The van der Waals surface area contributed by atoms with E-state index >= 15 is 0 Å². The van der Waals surface area contributed by atoms with Gasteiger partial charge < -0.3 is 34.3 Å². The van der Waals surface area contributed by atoms with Gasteiger partial charge in [-0.05, 0) is 99.3 Å². The maximum atomic E-state index is 14.8. The molecule has 3 N–H and O–H groups in total. The van der Waals surface area contributed by atoms with Crippen molar-refractivity contribution in [2.75, 3.05) is 0 Å². The van der Waals surface area contributed by atoms with Gasteiger partial charge in [0.25, 0.3) is 6.47 Å². The second kappa shape index (κ2) is 11.1. The van der Waals surface area contributed by atoms with Crippen molar-refractivity contribution in [3.05, 3.63) is 57.9 Å². The van der Waals surface area contributed by atoms with Gasteiger partial charge in [0.1, 0.15) is 34.2 Å². The number of aliphatic hydroxyl groups excluding tert-OH is 1. The van der Waals surface area contributed by atoms with E-state index in [1.54, 1.807) is 45.1 Å². The highest BCUT2D eigenvalue weighted by atomic mass is 16.6. The van der Waals surface area contributed by atoms with E-state index < -0.39 is 51.7 Å². The maximum absolute atomic E-state index is 14.8. The maximum Gasteiger partial charge on any atom is 0.298 e. The Morgan fingerprint density at radius 2 is 1.83 bits per heavy atom. The van der Waals surface area contributed by atoms with Gasteiger partial charge in [-0.25, -0.2) is 0 Å². The molecule has 3 aliphatic heterocycles. The lowest BCUT2D eigenvalue weighted by atomic mass is 9.51. The Labute approximate surface area is 281 Å². The smallest absolute Gasteiger partial charge is 0.298 e. The Morgan fingerprint density at radius 1 is 1.12 bits per heavy atom. The van der Waals surface area contributed by atoms with Crippen LogP contribution in [0.3, 0.4) is 0 Å². The molecule has 1 saturated heterocycles. The fraction of sp³-hybridized carbons (Fsp3) is 0.553. The van der Waals surface area contributed by atoms with Crippen LogP contribution in [0.5, 0.6) is 17.2 Å². The number of phenols is 1. The highest BCUT2D eigenvalue weighted by Gasteiger charge is 2.81. The summed E-state index contributed by atoms with van der Waals surface area (Å²) >= 11 is 0. The lowest BCUT2D eigenvalue weighted by Gasteiger charge is -2.56. The number of aliphatic hydroxyl groups is 2. The van der Waals surface area contributed by atoms with E-state index in [0.717, 1.165) is 5.57 Å². The third-order valence-electron chi connectivity index (χ3n) is 10.9. The summed E-state index contributed by atoms with van der Waals surface area (Å²) in [5.74, 6) is -1.11. The number of ketones is 2. The Kier molecular flexibility index (Phi) is 7.93. The van der Waals surface area contributed by atoms with E-state index in [2.05, 4.69) is 0 Å². The average Bonchev–Trinajstić information content (AvgIpc) is 3.15. The molecule has 0 aromatic heterocycles. The predicted octanol–water partition coefficient (Wildman–Crippen LogP) is 5.45. The molecule has 3 heterocycles. The molecule has 0 amide bonds. The van der Waals surface area contributed by atoms with Crippen LogP contribution in [0.1, 0.15) is 103 Å². The molecule has 1 saturated carbocycles. The molecule has 6 aliphatic rings. The van der Waals surface area contributed by atoms with Crippen molar-refractivity contribution in [2.45, 2.75) is 122 Å². The average molecular weight is 663 g/mol. The van der Waals surface area contributed by atoms with Crippen LogP contribution >= 0.6 is 0 Å². The molecule has 6 atom stereocenters. The molecule has 1 aromatic rings. The van der Waals surface area contributed by atoms with Gasteiger partial charge in [-0.2, -0.15) is 0 Å². The van der Waals surface area contributed by atoms with Crippen LogP contribution in [0.25, 0.3) is 6.08 Å². The molecule has 1 spiro atoms. The largest absolute Gasteiger partial charge is 0.506 e. The number of ether oxygens (including phenoxy) is 4. The molecule has 258 valence electrons. The quantitative estimate of drug-likeness (QED) is 0.168. The molecule has 48 heavy (non-hydrogen) atoms. The molecule has 4 bridgehead atoms. The summed E-state index contributed by atoms with van der Waals surface area (Å²) in [6, 6.07) is 0. The highest BCUT2D eigenvalue weighted by molar-refractivity contribution is 6.19. The van der Waals surface area contributed by atoms with E-state index in [9.17, 15) is 29.7 Å². The zero-order chi connectivity index (χ0) is 35.2. The van der Waals surface area contributed by atoms with Gasteiger partial charge in [0.05, 0.1) is 22.9 Å². The monoisotopic (exact) mass is 662 g/mol. The molecule has 1 aromatic carbocycles. The highest BCUT2D eigenvalue weighted by Crippen LogP contribution is 2.68. The van der Waals surface area contributed by atoms with Crippen LogP contribution in [0.15, 0.2) is 41.2 Å². The number of phenolic OH excluding ortho intramolecular Hbond substituents is 1. The van der Waals surface area contributed by atoms with Gasteiger partial charge >= 0.3 is 0 Å². The molecule has 10 nitrogen and oxygen atoms in total. The number of hydrogen-bond acceptors (Lipinski definition) is 10. The van der Waals surface area contributed by atoms with E-state index in [0.29, 0.717) is 48.2 Å². The van der Waals surface area contributed by atoms with Gasteiger partial charge in [-0.1, -0.05) is 17.7 Å². The summed E-state index contributed by atoms with van der Waals surface area (Å²) in [4.78, 5) is 40.2. The standard InChI is InChI=1S/C38H46O10/c1-20(2)9-10-24-31-23(12-14-36(8,46-31)15-13-27(40)34(4,5)44)29(41)28-30(42)25-17-22-18-26-35(6,7)48-37(33(22)43,16-11-21(3)45-19-39)38(25,26)47-32(24)28/h9,11-12,14,17,19,22,26-27,40-41,44H,10,13,15-16,18H2,1-8H3/b21-11-/t22?,26?,27?,36-,37-,38+/m0/s1. The number of Topliss-reactive ketones (excluding diaryl/α,β-unsaturated/α-hetero) is 2. The number of allylic oxidation sites excluding steroid dienone is 4.